The molecule has 0 aromatic heterocycles. The molecule has 0 spiro atoms. The molecular formula is C16H22N2O2. The summed E-state index contributed by atoms with van der Waals surface area (Å²) in [6, 6.07) is 7.95. The van der Waals surface area contributed by atoms with Crippen LogP contribution < -0.4 is 5.32 Å². The Morgan fingerprint density at radius 2 is 1.90 bits per heavy atom. The lowest BCUT2D eigenvalue weighted by Crippen LogP contribution is -2.44. The second-order valence-corrected chi connectivity index (χ2v) is 5.26. The average Bonchev–Trinajstić information content (AvgIpc) is 2.95. The first-order valence-electron chi connectivity index (χ1n) is 7.24. The Morgan fingerprint density at radius 1 is 1.25 bits per heavy atom. The van der Waals surface area contributed by atoms with Crippen molar-refractivity contribution in [3.63, 3.8) is 0 Å². The van der Waals surface area contributed by atoms with Crippen LogP contribution in [0.25, 0.3) is 0 Å². The number of carbonyl (C=O) groups is 2. The number of likely N-dealkylation sites (tertiary alicyclic amines) is 1. The fourth-order valence-electron chi connectivity index (χ4n) is 2.62. The lowest BCUT2D eigenvalue weighted by Gasteiger charge is -2.22. The van der Waals surface area contributed by atoms with E-state index in [1.165, 1.54) is 12.5 Å². The van der Waals surface area contributed by atoms with Crippen LogP contribution in [0, 0.1) is 0 Å². The van der Waals surface area contributed by atoms with Crippen LogP contribution in [0.1, 0.15) is 37.8 Å². The van der Waals surface area contributed by atoms with Crippen molar-refractivity contribution >= 4 is 11.8 Å². The van der Waals surface area contributed by atoms with Crippen LogP contribution in [-0.4, -0.2) is 29.3 Å². The van der Waals surface area contributed by atoms with Crippen molar-refractivity contribution in [3.8, 4) is 0 Å². The Morgan fingerprint density at radius 3 is 2.50 bits per heavy atom. The lowest BCUT2D eigenvalue weighted by atomic mass is 10.1. The van der Waals surface area contributed by atoms with Crippen LogP contribution in [0.3, 0.4) is 0 Å². The number of rotatable bonds is 4. The minimum absolute atomic E-state index is 0.0186. The maximum atomic E-state index is 12.2. The first-order chi connectivity index (χ1) is 9.61. The molecule has 2 amide bonds. The molecule has 0 unspecified atom stereocenters. The molecule has 1 heterocycles. The fraction of sp³-hybridized carbons (Fsp3) is 0.500. The zero-order valence-corrected chi connectivity index (χ0v) is 12.2. The highest BCUT2D eigenvalue weighted by Gasteiger charge is 2.31. The van der Waals surface area contributed by atoms with Gasteiger partial charge in [0.1, 0.15) is 6.04 Å². The predicted octanol–water partition coefficient (Wildman–Crippen LogP) is 1.88. The SMILES string of the molecule is CCc1ccc(CNC(=O)[C@@H]2CCCN2C(C)=O)cc1. The molecule has 20 heavy (non-hydrogen) atoms. The summed E-state index contributed by atoms with van der Waals surface area (Å²) in [5.41, 5.74) is 2.38. The van der Waals surface area contributed by atoms with Crippen LogP contribution in [0.4, 0.5) is 0 Å². The van der Waals surface area contributed by atoms with Gasteiger partial charge in [-0.25, -0.2) is 0 Å². The second kappa shape index (κ2) is 6.55. The average molecular weight is 274 g/mol. The first kappa shape index (κ1) is 14.6. The van der Waals surface area contributed by atoms with Gasteiger partial charge in [-0.05, 0) is 30.4 Å². The van der Waals surface area contributed by atoms with E-state index in [9.17, 15) is 9.59 Å². The van der Waals surface area contributed by atoms with E-state index >= 15 is 0 Å². The van der Waals surface area contributed by atoms with Crippen molar-refractivity contribution < 1.29 is 9.59 Å². The molecule has 2 rings (SSSR count). The van der Waals surface area contributed by atoms with E-state index in [4.69, 9.17) is 0 Å². The van der Waals surface area contributed by atoms with Crippen molar-refractivity contribution in [3.05, 3.63) is 35.4 Å². The van der Waals surface area contributed by atoms with Crippen molar-refractivity contribution in [2.45, 2.75) is 45.7 Å². The zero-order valence-electron chi connectivity index (χ0n) is 12.2. The number of hydrogen-bond acceptors (Lipinski definition) is 2. The molecule has 1 aliphatic heterocycles. The van der Waals surface area contributed by atoms with Crippen molar-refractivity contribution in [2.75, 3.05) is 6.54 Å². The maximum absolute atomic E-state index is 12.2. The number of nitrogens with zero attached hydrogens (tertiary/aromatic N) is 1. The number of aryl methyl sites for hydroxylation is 1. The summed E-state index contributed by atoms with van der Waals surface area (Å²) >= 11 is 0. The predicted molar refractivity (Wildman–Crippen MR) is 78.1 cm³/mol. The lowest BCUT2D eigenvalue weighted by molar-refractivity contribution is -0.136. The van der Waals surface area contributed by atoms with E-state index in [1.54, 1.807) is 4.90 Å². The van der Waals surface area contributed by atoms with Crippen molar-refractivity contribution in [1.82, 2.24) is 10.2 Å². The van der Waals surface area contributed by atoms with Gasteiger partial charge in [0.25, 0.3) is 0 Å². The largest absolute Gasteiger partial charge is 0.350 e. The van der Waals surface area contributed by atoms with Gasteiger partial charge in [0.2, 0.25) is 11.8 Å². The van der Waals surface area contributed by atoms with Crippen LogP contribution >= 0.6 is 0 Å². The molecule has 0 saturated carbocycles. The zero-order chi connectivity index (χ0) is 14.5. The molecule has 1 aromatic rings. The quantitative estimate of drug-likeness (QED) is 0.911. The molecule has 0 bridgehead atoms. The third-order valence-corrected chi connectivity index (χ3v) is 3.86. The van der Waals surface area contributed by atoms with Crippen LogP contribution in [-0.2, 0) is 22.6 Å². The van der Waals surface area contributed by atoms with Gasteiger partial charge < -0.3 is 10.2 Å². The number of carbonyl (C=O) groups excluding carboxylic acids is 2. The van der Waals surface area contributed by atoms with E-state index in [0.717, 1.165) is 24.8 Å². The summed E-state index contributed by atoms with van der Waals surface area (Å²) in [4.78, 5) is 25.3. The Kier molecular flexibility index (Phi) is 4.77. The van der Waals surface area contributed by atoms with E-state index < -0.39 is 0 Å². The summed E-state index contributed by atoms with van der Waals surface area (Å²) < 4.78 is 0. The van der Waals surface area contributed by atoms with Crippen LogP contribution in [0.15, 0.2) is 24.3 Å². The smallest absolute Gasteiger partial charge is 0.243 e. The molecule has 4 heteroatoms. The van der Waals surface area contributed by atoms with E-state index in [0.29, 0.717) is 13.1 Å². The summed E-state index contributed by atoms with van der Waals surface area (Å²) in [5, 5.41) is 2.93. The van der Waals surface area contributed by atoms with Gasteiger partial charge in [-0.15, -0.1) is 0 Å². The monoisotopic (exact) mass is 274 g/mol. The molecule has 1 N–H and O–H groups in total. The van der Waals surface area contributed by atoms with Gasteiger partial charge in [-0.1, -0.05) is 31.2 Å². The van der Waals surface area contributed by atoms with Crippen LogP contribution in [0.2, 0.25) is 0 Å². The molecule has 0 radical (unpaired) electrons. The molecule has 4 nitrogen and oxygen atoms in total. The van der Waals surface area contributed by atoms with Crippen LogP contribution in [0.5, 0.6) is 0 Å². The molecule has 1 saturated heterocycles. The summed E-state index contributed by atoms with van der Waals surface area (Å²) in [6.45, 7) is 4.85. The number of benzene rings is 1. The first-order valence-corrected chi connectivity index (χ1v) is 7.24. The standard InChI is InChI=1S/C16H22N2O2/c1-3-13-6-8-14(9-7-13)11-17-16(20)15-5-4-10-18(15)12(2)19/h6-9,15H,3-5,10-11H2,1-2H3,(H,17,20)/t15-/m0/s1. The summed E-state index contributed by atoms with van der Waals surface area (Å²) in [6.07, 6.45) is 2.69. The van der Waals surface area contributed by atoms with Gasteiger partial charge in [0, 0.05) is 20.0 Å². The van der Waals surface area contributed by atoms with E-state index in [1.807, 2.05) is 12.1 Å². The molecular weight excluding hydrogens is 252 g/mol. The summed E-state index contributed by atoms with van der Waals surface area (Å²) in [7, 11) is 0. The third kappa shape index (κ3) is 3.38. The molecule has 0 aliphatic carbocycles. The molecule has 1 aliphatic rings. The van der Waals surface area contributed by atoms with Gasteiger partial charge in [0.05, 0.1) is 0 Å². The van der Waals surface area contributed by atoms with Gasteiger partial charge >= 0.3 is 0 Å². The van der Waals surface area contributed by atoms with Crippen molar-refractivity contribution in [1.29, 1.82) is 0 Å². The molecule has 1 fully saturated rings. The third-order valence-electron chi connectivity index (χ3n) is 3.86. The minimum atomic E-state index is -0.289. The highest BCUT2D eigenvalue weighted by atomic mass is 16.2. The topological polar surface area (TPSA) is 49.4 Å². The molecule has 1 atom stereocenters. The highest BCUT2D eigenvalue weighted by molar-refractivity contribution is 5.87. The molecule has 1 aromatic carbocycles. The van der Waals surface area contributed by atoms with E-state index in [2.05, 4.69) is 24.4 Å². The summed E-state index contributed by atoms with van der Waals surface area (Å²) in [5.74, 6) is -0.0628. The highest BCUT2D eigenvalue weighted by Crippen LogP contribution is 2.17. The fourth-order valence-corrected chi connectivity index (χ4v) is 2.62. The van der Waals surface area contributed by atoms with Gasteiger partial charge in [-0.3, -0.25) is 9.59 Å². The Hall–Kier alpha value is -1.84. The van der Waals surface area contributed by atoms with Gasteiger partial charge in [0.15, 0.2) is 0 Å². The number of hydrogen-bond donors (Lipinski definition) is 1. The number of amides is 2. The van der Waals surface area contributed by atoms with Gasteiger partial charge in [-0.2, -0.15) is 0 Å². The van der Waals surface area contributed by atoms with E-state index in [-0.39, 0.29) is 17.9 Å². The molecule has 108 valence electrons. The minimum Gasteiger partial charge on any atom is -0.350 e. The number of nitrogens with one attached hydrogen (secondary N) is 1. The Labute approximate surface area is 120 Å². The Balaban J connectivity index is 1.89. The normalized spacial score (nSPS) is 18.1. The Bertz CT molecular complexity index is 482. The van der Waals surface area contributed by atoms with Crippen molar-refractivity contribution in [2.24, 2.45) is 0 Å². The maximum Gasteiger partial charge on any atom is 0.243 e. The second-order valence-electron chi connectivity index (χ2n) is 5.26.